The number of hydrogen-bond acceptors (Lipinski definition) is 4. The zero-order valence-electron chi connectivity index (χ0n) is 10.8. The van der Waals surface area contributed by atoms with Crippen molar-refractivity contribution in [3.05, 3.63) is 41.8 Å². The summed E-state index contributed by atoms with van der Waals surface area (Å²) in [5, 5.41) is 3.93. The average Bonchev–Trinajstić information content (AvgIpc) is 2.80. The normalized spacial score (nSPS) is 18.1. The van der Waals surface area contributed by atoms with Crippen molar-refractivity contribution < 1.29 is 14.1 Å². The zero-order chi connectivity index (χ0) is 13.4. The molecule has 1 aromatic heterocycles. The van der Waals surface area contributed by atoms with Crippen molar-refractivity contribution in [1.29, 1.82) is 0 Å². The molecule has 0 saturated heterocycles. The fourth-order valence-corrected chi connectivity index (χ4v) is 2.18. The molecule has 5 heteroatoms. The number of fused-ring (bicyclic) bond motifs is 1. The molecular formula is C14H14N2O3. The third-order valence-corrected chi connectivity index (χ3v) is 3.07. The number of para-hydroxylation sites is 2. The van der Waals surface area contributed by atoms with Gasteiger partial charge in [-0.05, 0) is 26.0 Å². The van der Waals surface area contributed by atoms with Crippen molar-refractivity contribution in [2.75, 3.05) is 4.90 Å². The third-order valence-electron chi connectivity index (χ3n) is 3.07. The number of rotatable bonds is 2. The fraction of sp³-hybridized carbons (Fsp3) is 0.286. The van der Waals surface area contributed by atoms with Crippen molar-refractivity contribution in [2.45, 2.75) is 26.5 Å². The lowest BCUT2D eigenvalue weighted by molar-refractivity contribution is -0.125. The van der Waals surface area contributed by atoms with E-state index < -0.39 is 6.10 Å². The molecule has 0 spiro atoms. The Hall–Kier alpha value is -2.30. The highest BCUT2D eigenvalue weighted by Crippen LogP contribution is 2.34. The second kappa shape index (κ2) is 4.42. The van der Waals surface area contributed by atoms with Crippen LogP contribution >= 0.6 is 0 Å². The highest BCUT2D eigenvalue weighted by atomic mass is 16.5. The number of nitrogens with zero attached hydrogens (tertiary/aromatic N) is 2. The monoisotopic (exact) mass is 258 g/mol. The Labute approximate surface area is 110 Å². The molecule has 3 rings (SSSR count). The average molecular weight is 258 g/mol. The van der Waals surface area contributed by atoms with E-state index in [1.165, 1.54) is 0 Å². The van der Waals surface area contributed by atoms with Crippen LogP contribution in [0.4, 0.5) is 5.69 Å². The minimum Gasteiger partial charge on any atom is -0.479 e. The quantitative estimate of drug-likeness (QED) is 0.829. The van der Waals surface area contributed by atoms with Crippen LogP contribution in [-0.4, -0.2) is 17.2 Å². The number of carbonyl (C=O) groups is 1. The summed E-state index contributed by atoms with van der Waals surface area (Å²) < 4.78 is 10.6. The molecule has 1 amide bonds. The first-order chi connectivity index (χ1) is 9.15. The molecule has 0 aliphatic carbocycles. The van der Waals surface area contributed by atoms with Crippen LogP contribution in [0.2, 0.25) is 0 Å². The highest BCUT2D eigenvalue weighted by molar-refractivity contribution is 5.99. The Morgan fingerprint density at radius 2 is 2.16 bits per heavy atom. The van der Waals surface area contributed by atoms with Gasteiger partial charge < -0.3 is 9.26 Å². The van der Waals surface area contributed by atoms with Gasteiger partial charge in [0.15, 0.2) is 6.10 Å². The minimum absolute atomic E-state index is 0.0700. The Morgan fingerprint density at radius 1 is 1.37 bits per heavy atom. The summed E-state index contributed by atoms with van der Waals surface area (Å²) in [7, 11) is 0. The molecule has 19 heavy (non-hydrogen) atoms. The lowest BCUT2D eigenvalue weighted by atomic mass is 10.1. The van der Waals surface area contributed by atoms with Crippen LogP contribution in [0.15, 0.2) is 34.9 Å². The number of benzene rings is 1. The lowest BCUT2D eigenvalue weighted by Crippen LogP contribution is -2.44. The van der Waals surface area contributed by atoms with Gasteiger partial charge in [-0.2, -0.15) is 0 Å². The maximum absolute atomic E-state index is 12.2. The SMILES string of the molecule is Cc1cc(CN2C(=O)C(C)Oc3ccccc32)no1. The molecule has 1 aliphatic rings. The van der Waals surface area contributed by atoms with Gasteiger partial charge in [0.25, 0.3) is 5.91 Å². The minimum atomic E-state index is -0.483. The predicted molar refractivity (Wildman–Crippen MR) is 69.0 cm³/mol. The Kier molecular flexibility index (Phi) is 2.74. The van der Waals surface area contributed by atoms with Gasteiger partial charge >= 0.3 is 0 Å². The van der Waals surface area contributed by atoms with E-state index in [1.807, 2.05) is 37.3 Å². The smallest absolute Gasteiger partial charge is 0.268 e. The molecule has 1 atom stereocenters. The summed E-state index contributed by atoms with van der Waals surface area (Å²) in [6.45, 7) is 3.97. The number of ether oxygens (including phenoxy) is 1. The molecule has 0 fully saturated rings. The van der Waals surface area contributed by atoms with E-state index in [0.29, 0.717) is 6.54 Å². The maximum Gasteiger partial charge on any atom is 0.268 e. The Bertz CT molecular complexity index is 621. The summed E-state index contributed by atoms with van der Waals surface area (Å²) in [6, 6.07) is 9.33. The van der Waals surface area contributed by atoms with E-state index in [4.69, 9.17) is 9.26 Å². The molecule has 0 saturated carbocycles. The molecule has 5 nitrogen and oxygen atoms in total. The second-order valence-electron chi connectivity index (χ2n) is 4.58. The van der Waals surface area contributed by atoms with Crippen molar-refractivity contribution in [2.24, 2.45) is 0 Å². The van der Waals surface area contributed by atoms with Crippen LogP contribution < -0.4 is 9.64 Å². The third kappa shape index (κ3) is 2.07. The van der Waals surface area contributed by atoms with E-state index in [1.54, 1.807) is 11.8 Å². The Morgan fingerprint density at radius 3 is 2.89 bits per heavy atom. The molecule has 2 aromatic rings. The van der Waals surface area contributed by atoms with Gasteiger partial charge in [0, 0.05) is 6.07 Å². The van der Waals surface area contributed by atoms with Crippen molar-refractivity contribution in [3.63, 3.8) is 0 Å². The highest BCUT2D eigenvalue weighted by Gasteiger charge is 2.31. The van der Waals surface area contributed by atoms with Crippen molar-refractivity contribution >= 4 is 11.6 Å². The topological polar surface area (TPSA) is 55.6 Å². The summed E-state index contributed by atoms with van der Waals surface area (Å²) >= 11 is 0. The Balaban J connectivity index is 1.96. The molecule has 1 aromatic carbocycles. The van der Waals surface area contributed by atoms with Crippen LogP contribution in [0, 0.1) is 6.92 Å². The van der Waals surface area contributed by atoms with Gasteiger partial charge in [0.2, 0.25) is 0 Å². The lowest BCUT2D eigenvalue weighted by Gasteiger charge is -2.32. The fourth-order valence-electron chi connectivity index (χ4n) is 2.18. The van der Waals surface area contributed by atoms with Gasteiger partial charge in [-0.3, -0.25) is 9.69 Å². The molecule has 0 bridgehead atoms. The van der Waals surface area contributed by atoms with Gasteiger partial charge in [0.05, 0.1) is 12.2 Å². The first-order valence-electron chi connectivity index (χ1n) is 6.14. The van der Waals surface area contributed by atoms with E-state index >= 15 is 0 Å². The zero-order valence-corrected chi connectivity index (χ0v) is 10.8. The first kappa shape index (κ1) is 11.8. The number of aryl methyl sites for hydroxylation is 1. The number of anilines is 1. The van der Waals surface area contributed by atoms with Gasteiger partial charge in [-0.15, -0.1) is 0 Å². The standard InChI is InChI=1S/C14H14N2O3/c1-9-7-11(15-19-9)8-16-12-5-3-4-6-13(12)18-10(2)14(16)17/h3-7,10H,8H2,1-2H3. The van der Waals surface area contributed by atoms with Crippen molar-refractivity contribution in [3.8, 4) is 5.75 Å². The molecule has 2 heterocycles. The van der Waals surface area contributed by atoms with E-state index in [2.05, 4.69) is 5.16 Å². The van der Waals surface area contributed by atoms with E-state index in [9.17, 15) is 4.79 Å². The molecule has 98 valence electrons. The molecule has 1 unspecified atom stereocenters. The summed E-state index contributed by atoms with van der Waals surface area (Å²) in [5.74, 6) is 1.38. The van der Waals surface area contributed by atoms with Crippen LogP contribution in [0.3, 0.4) is 0 Å². The largest absolute Gasteiger partial charge is 0.479 e. The second-order valence-corrected chi connectivity index (χ2v) is 4.58. The van der Waals surface area contributed by atoms with Crippen LogP contribution in [0.25, 0.3) is 0 Å². The van der Waals surface area contributed by atoms with E-state index in [0.717, 1.165) is 22.9 Å². The van der Waals surface area contributed by atoms with Crippen LogP contribution in [0.1, 0.15) is 18.4 Å². The van der Waals surface area contributed by atoms with Crippen LogP contribution in [-0.2, 0) is 11.3 Å². The molecule has 0 N–H and O–H groups in total. The van der Waals surface area contributed by atoms with Gasteiger partial charge in [0.1, 0.15) is 17.2 Å². The summed E-state index contributed by atoms with van der Waals surface area (Å²) in [4.78, 5) is 13.9. The maximum atomic E-state index is 12.2. The number of carbonyl (C=O) groups excluding carboxylic acids is 1. The predicted octanol–water partition coefficient (Wildman–Crippen LogP) is 2.30. The van der Waals surface area contributed by atoms with Crippen LogP contribution in [0.5, 0.6) is 5.75 Å². The van der Waals surface area contributed by atoms with Gasteiger partial charge in [-0.1, -0.05) is 17.3 Å². The number of amides is 1. The van der Waals surface area contributed by atoms with Crippen molar-refractivity contribution in [1.82, 2.24) is 5.16 Å². The molecule has 1 aliphatic heterocycles. The summed E-state index contributed by atoms with van der Waals surface area (Å²) in [5.41, 5.74) is 1.50. The number of aromatic nitrogens is 1. The van der Waals surface area contributed by atoms with E-state index in [-0.39, 0.29) is 5.91 Å². The first-order valence-corrected chi connectivity index (χ1v) is 6.14. The van der Waals surface area contributed by atoms with Gasteiger partial charge in [-0.25, -0.2) is 0 Å². The molecule has 0 radical (unpaired) electrons. The molecular weight excluding hydrogens is 244 g/mol. The summed E-state index contributed by atoms with van der Waals surface area (Å²) in [6.07, 6.45) is -0.483. The number of hydrogen-bond donors (Lipinski definition) is 0.